The first-order chi connectivity index (χ1) is 20.2. The Kier molecular flexibility index (Phi) is 8.21. The van der Waals surface area contributed by atoms with Crippen LogP contribution in [-0.4, -0.2) is 38.1 Å². The van der Waals surface area contributed by atoms with E-state index < -0.39 is 17.4 Å². The molecule has 0 saturated carbocycles. The number of amides is 2. The summed E-state index contributed by atoms with van der Waals surface area (Å²) in [7, 11) is 3.27. The molecule has 0 aliphatic carbocycles. The lowest BCUT2D eigenvalue weighted by Crippen LogP contribution is -2.62. The Balaban J connectivity index is 1.68. The number of ether oxygens (including phenoxy) is 1. The van der Waals surface area contributed by atoms with Gasteiger partial charge in [-0.3, -0.25) is 9.59 Å². The maximum Gasteiger partial charge on any atom is 0.238 e. The molecule has 0 aromatic heterocycles. The Morgan fingerprint density at radius 1 is 1.10 bits per heavy atom. The third-order valence-electron chi connectivity index (χ3n) is 8.25. The SMILES string of the molecule is CNC(C)(C(N)=O)[C@@H]1CN(Cc2ccc(C#N)cc2)c2ccccc2N(Cc2c(OC)ccc3cc(Br)ccc23)C1=O. The average molecular weight is 627 g/mol. The highest BCUT2D eigenvalue weighted by Crippen LogP contribution is 2.40. The van der Waals surface area contributed by atoms with Crippen LogP contribution < -0.4 is 25.6 Å². The molecule has 4 aromatic rings. The summed E-state index contributed by atoms with van der Waals surface area (Å²) in [5, 5.41) is 14.3. The average Bonchev–Trinajstić information content (AvgIpc) is 3.11. The Hall–Kier alpha value is -4.39. The number of nitrogens with one attached hydrogen (secondary N) is 1. The highest BCUT2D eigenvalue weighted by Gasteiger charge is 2.47. The van der Waals surface area contributed by atoms with Crippen LogP contribution in [0, 0.1) is 17.2 Å². The number of carbonyl (C=O) groups is 2. The zero-order chi connectivity index (χ0) is 30.0. The minimum atomic E-state index is -1.33. The highest BCUT2D eigenvalue weighted by molar-refractivity contribution is 9.10. The summed E-state index contributed by atoms with van der Waals surface area (Å²) >= 11 is 3.56. The fourth-order valence-corrected chi connectivity index (χ4v) is 6.02. The van der Waals surface area contributed by atoms with Gasteiger partial charge >= 0.3 is 0 Å². The second-order valence-corrected chi connectivity index (χ2v) is 11.5. The van der Waals surface area contributed by atoms with Gasteiger partial charge in [-0.2, -0.15) is 5.26 Å². The van der Waals surface area contributed by atoms with Crippen LogP contribution in [0.2, 0.25) is 0 Å². The summed E-state index contributed by atoms with van der Waals surface area (Å²) in [6, 6.07) is 27.2. The van der Waals surface area contributed by atoms with Crippen LogP contribution in [0.5, 0.6) is 5.75 Å². The zero-order valence-electron chi connectivity index (χ0n) is 23.7. The summed E-state index contributed by atoms with van der Waals surface area (Å²) in [4.78, 5) is 31.4. The van der Waals surface area contributed by atoms with Crippen LogP contribution >= 0.6 is 15.9 Å². The van der Waals surface area contributed by atoms with E-state index in [0.717, 1.165) is 37.7 Å². The predicted molar refractivity (Wildman–Crippen MR) is 168 cm³/mol. The normalized spacial score (nSPS) is 16.4. The number of rotatable bonds is 8. The fourth-order valence-electron chi connectivity index (χ4n) is 5.64. The van der Waals surface area contributed by atoms with Gasteiger partial charge < -0.3 is 25.6 Å². The van der Waals surface area contributed by atoms with E-state index in [1.165, 1.54) is 0 Å². The van der Waals surface area contributed by atoms with Crippen molar-refractivity contribution in [3.05, 3.63) is 100 Å². The zero-order valence-corrected chi connectivity index (χ0v) is 25.3. The summed E-state index contributed by atoms with van der Waals surface area (Å²) in [5.41, 5.74) is 8.59. The Labute approximate surface area is 253 Å². The molecule has 1 aliphatic heterocycles. The van der Waals surface area contributed by atoms with Crippen molar-refractivity contribution in [2.24, 2.45) is 11.7 Å². The molecule has 9 heteroatoms. The third kappa shape index (κ3) is 5.31. The highest BCUT2D eigenvalue weighted by atomic mass is 79.9. The molecule has 4 aromatic carbocycles. The quantitative estimate of drug-likeness (QED) is 0.281. The minimum absolute atomic E-state index is 0.220. The van der Waals surface area contributed by atoms with Gasteiger partial charge in [-0.1, -0.05) is 52.3 Å². The summed E-state index contributed by atoms with van der Waals surface area (Å²) < 4.78 is 6.73. The number of hydrogen-bond acceptors (Lipinski definition) is 6. The van der Waals surface area contributed by atoms with Crippen molar-refractivity contribution in [3.63, 3.8) is 0 Å². The van der Waals surface area contributed by atoms with Crippen LogP contribution in [0.25, 0.3) is 10.8 Å². The van der Waals surface area contributed by atoms with Crippen LogP contribution in [0.15, 0.2) is 83.3 Å². The number of para-hydroxylation sites is 2. The van der Waals surface area contributed by atoms with E-state index in [0.29, 0.717) is 17.9 Å². The lowest BCUT2D eigenvalue weighted by molar-refractivity contribution is -0.133. The molecule has 5 rings (SSSR count). The first-order valence-corrected chi connectivity index (χ1v) is 14.4. The molecule has 1 unspecified atom stereocenters. The molecule has 214 valence electrons. The van der Waals surface area contributed by atoms with Crippen molar-refractivity contribution >= 4 is 49.9 Å². The van der Waals surface area contributed by atoms with Gasteiger partial charge in [0, 0.05) is 23.1 Å². The molecule has 0 spiro atoms. The molecular formula is C33H32BrN5O3. The number of carbonyl (C=O) groups excluding carboxylic acids is 2. The lowest BCUT2D eigenvalue weighted by Gasteiger charge is -2.37. The first-order valence-electron chi connectivity index (χ1n) is 13.6. The van der Waals surface area contributed by atoms with Gasteiger partial charge in [0.2, 0.25) is 11.8 Å². The molecule has 0 fully saturated rings. The van der Waals surface area contributed by atoms with Crippen LogP contribution in [0.1, 0.15) is 23.6 Å². The first kappa shape index (κ1) is 29.1. The molecule has 0 radical (unpaired) electrons. The van der Waals surface area contributed by atoms with Gasteiger partial charge in [-0.05, 0) is 72.8 Å². The van der Waals surface area contributed by atoms with Crippen molar-refractivity contribution in [3.8, 4) is 11.8 Å². The maximum atomic E-state index is 14.7. The van der Waals surface area contributed by atoms with Gasteiger partial charge in [0.25, 0.3) is 0 Å². The smallest absolute Gasteiger partial charge is 0.238 e. The largest absolute Gasteiger partial charge is 0.496 e. The van der Waals surface area contributed by atoms with E-state index in [-0.39, 0.29) is 19.0 Å². The summed E-state index contributed by atoms with van der Waals surface area (Å²) in [6.07, 6.45) is 0. The summed E-state index contributed by atoms with van der Waals surface area (Å²) in [5.74, 6) is -0.991. The molecule has 2 amide bonds. The maximum absolute atomic E-state index is 14.7. The number of nitrogens with zero attached hydrogens (tertiary/aromatic N) is 3. The second-order valence-electron chi connectivity index (χ2n) is 10.6. The topological polar surface area (TPSA) is 112 Å². The van der Waals surface area contributed by atoms with E-state index in [1.54, 1.807) is 38.1 Å². The Bertz CT molecular complexity index is 1700. The molecule has 3 N–H and O–H groups in total. The number of fused-ring (bicyclic) bond motifs is 2. The third-order valence-corrected chi connectivity index (χ3v) is 8.74. The molecule has 2 atom stereocenters. The van der Waals surface area contributed by atoms with E-state index in [2.05, 4.69) is 32.2 Å². The van der Waals surface area contributed by atoms with E-state index in [9.17, 15) is 14.9 Å². The van der Waals surface area contributed by atoms with Crippen molar-refractivity contribution < 1.29 is 14.3 Å². The van der Waals surface area contributed by atoms with E-state index in [1.807, 2.05) is 66.7 Å². The number of nitriles is 1. The van der Waals surface area contributed by atoms with E-state index in [4.69, 9.17) is 10.5 Å². The molecular weight excluding hydrogens is 594 g/mol. The van der Waals surface area contributed by atoms with Crippen molar-refractivity contribution in [1.29, 1.82) is 5.26 Å². The van der Waals surface area contributed by atoms with Crippen LogP contribution in [0.4, 0.5) is 11.4 Å². The number of primary amides is 1. The number of benzene rings is 4. The lowest BCUT2D eigenvalue weighted by atomic mass is 9.83. The second kappa shape index (κ2) is 11.8. The Morgan fingerprint density at radius 2 is 1.81 bits per heavy atom. The van der Waals surface area contributed by atoms with Gasteiger partial charge in [-0.15, -0.1) is 0 Å². The van der Waals surface area contributed by atoms with Crippen molar-refractivity contribution in [1.82, 2.24) is 5.32 Å². The molecule has 8 nitrogen and oxygen atoms in total. The number of methoxy groups -OCH3 is 1. The molecule has 0 saturated heterocycles. The minimum Gasteiger partial charge on any atom is -0.496 e. The Morgan fingerprint density at radius 3 is 2.45 bits per heavy atom. The van der Waals surface area contributed by atoms with Crippen molar-refractivity contribution in [2.45, 2.75) is 25.6 Å². The molecule has 1 heterocycles. The molecule has 1 aliphatic rings. The van der Waals surface area contributed by atoms with Crippen LogP contribution in [0.3, 0.4) is 0 Å². The molecule has 0 bridgehead atoms. The van der Waals surface area contributed by atoms with Gasteiger partial charge in [-0.25, -0.2) is 0 Å². The molecule has 42 heavy (non-hydrogen) atoms. The van der Waals surface area contributed by atoms with Gasteiger partial charge in [0.1, 0.15) is 11.3 Å². The van der Waals surface area contributed by atoms with Gasteiger partial charge in [0.05, 0.1) is 42.6 Å². The number of anilines is 2. The monoisotopic (exact) mass is 625 g/mol. The number of likely N-dealkylation sites (N-methyl/N-ethyl adjacent to an activating group) is 1. The van der Waals surface area contributed by atoms with Gasteiger partial charge in [0.15, 0.2) is 0 Å². The van der Waals surface area contributed by atoms with Crippen molar-refractivity contribution in [2.75, 3.05) is 30.5 Å². The van der Waals surface area contributed by atoms with E-state index >= 15 is 0 Å². The van der Waals surface area contributed by atoms with Crippen LogP contribution in [-0.2, 0) is 22.7 Å². The number of hydrogen-bond donors (Lipinski definition) is 2. The number of nitrogens with two attached hydrogens (primary N) is 1. The summed E-state index contributed by atoms with van der Waals surface area (Å²) in [6.45, 7) is 2.61. The number of halogens is 1. The standard InChI is InChI=1S/C33H32BrN5O3/c1-33(37-2,32(36)41)27-20-38(18-22-10-8-21(17-35)9-11-22)28-6-4-5-7-29(28)39(31(27)40)19-26-25-14-13-24(34)16-23(25)12-15-30(26)42-3/h4-16,27,37H,18-20H2,1-3H3,(H2,36,41)/t27-,33?/m1/s1. The fraction of sp³-hybridized carbons (Fsp3) is 0.242. The predicted octanol–water partition coefficient (Wildman–Crippen LogP) is 5.12.